The van der Waals surface area contributed by atoms with Crippen LogP contribution in [0.5, 0.6) is 0 Å². The summed E-state index contributed by atoms with van der Waals surface area (Å²) in [6.07, 6.45) is 2.37. The van der Waals surface area contributed by atoms with Crippen molar-refractivity contribution in [3.63, 3.8) is 0 Å². The summed E-state index contributed by atoms with van der Waals surface area (Å²) in [5.74, 6) is 0.299. The summed E-state index contributed by atoms with van der Waals surface area (Å²) in [7, 11) is 1.75. The SMILES string of the molecule is Cn1ncc2c(=O)[nH]c(CN3CCc4ccc(F)cc43)nc21. The van der Waals surface area contributed by atoms with Crippen LogP contribution in [0.3, 0.4) is 0 Å². The van der Waals surface area contributed by atoms with Crippen molar-refractivity contribution in [3.05, 3.63) is 52.0 Å². The van der Waals surface area contributed by atoms with E-state index in [-0.39, 0.29) is 11.4 Å². The summed E-state index contributed by atoms with van der Waals surface area (Å²) in [5.41, 5.74) is 2.34. The maximum atomic E-state index is 13.4. The van der Waals surface area contributed by atoms with Gasteiger partial charge in [-0.25, -0.2) is 9.37 Å². The van der Waals surface area contributed by atoms with E-state index in [0.717, 1.165) is 24.2 Å². The van der Waals surface area contributed by atoms with E-state index in [4.69, 9.17) is 0 Å². The lowest BCUT2D eigenvalue weighted by Crippen LogP contribution is -2.24. The molecule has 6 nitrogen and oxygen atoms in total. The van der Waals surface area contributed by atoms with E-state index in [2.05, 4.69) is 15.1 Å². The van der Waals surface area contributed by atoms with Gasteiger partial charge in [-0.05, 0) is 24.1 Å². The predicted molar refractivity (Wildman–Crippen MR) is 80.3 cm³/mol. The average molecular weight is 299 g/mol. The van der Waals surface area contributed by atoms with Gasteiger partial charge in [0.25, 0.3) is 5.56 Å². The first-order chi connectivity index (χ1) is 10.6. The Hall–Kier alpha value is -2.70. The van der Waals surface area contributed by atoms with E-state index in [0.29, 0.717) is 23.4 Å². The highest BCUT2D eigenvalue weighted by Gasteiger charge is 2.21. The fraction of sp³-hybridized carbons (Fsp3) is 0.267. The summed E-state index contributed by atoms with van der Waals surface area (Å²) in [6, 6.07) is 4.82. The van der Waals surface area contributed by atoms with Crippen molar-refractivity contribution in [2.24, 2.45) is 7.05 Å². The maximum absolute atomic E-state index is 13.4. The quantitative estimate of drug-likeness (QED) is 0.776. The Labute approximate surface area is 125 Å². The number of halogens is 1. The van der Waals surface area contributed by atoms with E-state index >= 15 is 0 Å². The molecular formula is C15H14FN5O. The van der Waals surface area contributed by atoms with E-state index in [1.54, 1.807) is 11.7 Å². The van der Waals surface area contributed by atoms with Crippen molar-refractivity contribution in [1.82, 2.24) is 19.7 Å². The standard InChI is InChI=1S/C15H14FN5O/c1-20-14-11(7-17-20)15(22)19-13(18-14)8-21-5-4-9-2-3-10(16)6-12(9)21/h2-3,6-7H,4-5,8H2,1H3,(H,18,19,22). The molecule has 1 aliphatic rings. The number of anilines is 1. The first-order valence-electron chi connectivity index (χ1n) is 7.06. The number of fused-ring (bicyclic) bond motifs is 2. The number of aromatic nitrogens is 4. The van der Waals surface area contributed by atoms with Gasteiger partial charge >= 0.3 is 0 Å². The molecule has 0 saturated carbocycles. The molecule has 7 heteroatoms. The average Bonchev–Trinajstić information content (AvgIpc) is 3.05. The number of aromatic amines is 1. The minimum Gasteiger partial charge on any atom is -0.363 e. The molecule has 1 aliphatic heterocycles. The summed E-state index contributed by atoms with van der Waals surface area (Å²) in [4.78, 5) is 21.3. The number of aryl methyl sites for hydroxylation is 1. The number of hydrogen-bond donors (Lipinski definition) is 1. The highest BCUT2D eigenvalue weighted by atomic mass is 19.1. The van der Waals surface area contributed by atoms with Gasteiger partial charge in [0.1, 0.15) is 17.0 Å². The second-order valence-corrected chi connectivity index (χ2v) is 5.46. The van der Waals surface area contributed by atoms with Gasteiger partial charge in [-0.15, -0.1) is 0 Å². The van der Waals surface area contributed by atoms with Gasteiger partial charge in [-0.3, -0.25) is 9.48 Å². The molecule has 1 aromatic carbocycles. The molecule has 0 aliphatic carbocycles. The zero-order chi connectivity index (χ0) is 15.3. The molecule has 0 amide bonds. The molecule has 0 bridgehead atoms. The van der Waals surface area contributed by atoms with E-state index < -0.39 is 0 Å². The van der Waals surface area contributed by atoms with E-state index in [1.807, 2.05) is 11.0 Å². The Morgan fingerprint density at radius 3 is 3.14 bits per heavy atom. The lowest BCUT2D eigenvalue weighted by atomic mass is 10.2. The minimum atomic E-state index is -0.255. The molecule has 3 heterocycles. The van der Waals surface area contributed by atoms with Crippen molar-refractivity contribution < 1.29 is 4.39 Å². The number of H-pyrrole nitrogens is 1. The fourth-order valence-corrected chi connectivity index (χ4v) is 2.92. The molecule has 22 heavy (non-hydrogen) atoms. The zero-order valence-electron chi connectivity index (χ0n) is 12.0. The van der Waals surface area contributed by atoms with Gasteiger partial charge in [0.2, 0.25) is 0 Å². The molecule has 1 N–H and O–H groups in total. The van der Waals surface area contributed by atoms with Gasteiger partial charge in [0.15, 0.2) is 5.65 Å². The highest BCUT2D eigenvalue weighted by Crippen LogP contribution is 2.29. The Morgan fingerprint density at radius 2 is 2.27 bits per heavy atom. The van der Waals surface area contributed by atoms with Crippen molar-refractivity contribution in [2.45, 2.75) is 13.0 Å². The normalized spacial score (nSPS) is 13.8. The summed E-state index contributed by atoms with van der Waals surface area (Å²) in [5, 5.41) is 4.52. The third-order valence-electron chi connectivity index (χ3n) is 4.03. The Balaban J connectivity index is 1.72. The smallest absolute Gasteiger partial charge is 0.262 e. The zero-order valence-corrected chi connectivity index (χ0v) is 12.0. The third-order valence-corrected chi connectivity index (χ3v) is 4.03. The molecule has 0 fully saturated rings. The van der Waals surface area contributed by atoms with Gasteiger partial charge in [0.05, 0.1) is 12.7 Å². The van der Waals surface area contributed by atoms with E-state index in [9.17, 15) is 9.18 Å². The Morgan fingerprint density at radius 1 is 1.41 bits per heavy atom. The number of rotatable bonds is 2. The van der Waals surface area contributed by atoms with Crippen LogP contribution in [0.15, 0.2) is 29.2 Å². The lowest BCUT2D eigenvalue weighted by molar-refractivity contribution is 0.627. The topological polar surface area (TPSA) is 66.8 Å². The summed E-state index contributed by atoms with van der Waals surface area (Å²) in [6.45, 7) is 1.22. The van der Waals surface area contributed by atoms with Crippen molar-refractivity contribution >= 4 is 16.7 Å². The lowest BCUT2D eigenvalue weighted by Gasteiger charge is -2.18. The molecule has 2 aromatic heterocycles. The maximum Gasteiger partial charge on any atom is 0.262 e. The van der Waals surface area contributed by atoms with Crippen LogP contribution < -0.4 is 10.5 Å². The first kappa shape index (κ1) is 13.0. The minimum absolute atomic E-state index is 0.202. The van der Waals surface area contributed by atoms with Gasteiger partial charge in [0, 0.05) is 19.3 Å². The summed E-state index contributed by atoms with van der Waals surface area (Å²) >= 11 is 0. The van der Waals surface area contributed by atoms with Crippen LogP contribution in [-0.4, -0.2) is 26.3 Å². The van der Waals surface area contributed by atoms with Crippen LogP contribution in [0, 0.1) is 5.82 Å². The van der Waals surface area contributed by atoms with Crippen LogP contribution in [0.2, 0.25) is 0 Å². The Kier molecular flexibility index (Phi) is 2.75. The Bertz CT molecular complexity index is 929. The molecule has 3 aromatic rings. The molecule has 0 radical (unpaired) electrons. The van der Waals surface area contributed by atoms with Crippen LogP contribution in [0.4, 0.5) is 10.1 Å². The highest BCUT2D eigenvalue weighted by molar-refractivity contribution is 5.73. The van der Waals surface area contributed by atoms with Crippen molar-refractivity contribution in [3.8, 4) is 0 Å². The number of benzene rings is 1. The largest absolute Gasteiger partial charge is 0.363 e. The number of nitrogens with one attached hydrogen (secondary N) is 1. The van der Waals surface area contributed by atoms with Crippen LogP contribution in [0.25, 0.3) is 11.0 Å². The second-order valence-electron chi connectivity index (χ2n) is 5.46. The van der Waals surface area contributed by atoms with Crippen LogP contribution in [-0.2, 0) is 20.0 Å². The molecule has 0 unspecified atom stereocenters. The number of hydrogen-bond acceptors (Lipinski definition) is 4. The second kappa shape index (κ2) is 4.66. The van der Waals surface area contributed by atoms with Gasteiger partial charge in [-0.1, -0.05) is 6.07 Å². The van der Waals surface area contributed by atoms with Gasteiger partial charge in [-0.2, -0.15) is 5.10 Å². The number of nitrogens with zero attached hydrogens (tertiary/aromatic N) is 4. The van der Waals surface area contributed by atoms with Crippen LogP contribution >= 0.6 is 0 Å². The molecule has 0 atom stereocenters. The van der Waals surface area contributed by atoms with Crippen molar-refractivity contribution in [1.29, 1.82) is 0 Å². The predicted octanol–water partition coefficient (Wildman–Crippen LogP) is 1.36. The molecule has 4 rings (SSSR count). The van der Waals surface area contributed by atoms with Crippen molar-refractivity contribution in [2.75, 3.05) is 11.4 Å². The van der Waals surface area contributed by atoms with Crippen LogP contribution in [0.1, 0.15) is 11.4 Å². The third kappa shape index (κ3) is 1.97. The molecule has 112 valence electrons. The monoisotopic (exact) mass is 299 g/mol. The molecule has 0 saturated heterocycles. The van der Waals surface area contributed by atoms with Gasteiger partial charge < -0.3 is 9.88 Å². The molecular weight excluding hydrogens is 285 g/mol. The molecule has 0 spiro atoms. The summed E-state index contributed by atoms with van der Waals surface area (Å²) < 4.78 is 15.0. The first-order valence-corrected chi connectivity index (χ1v) is 7.06. The fourth-order valence-electron chi connectivity index (χ4n) is 2.92. The van der Waals surface area contributed by atoms with E-state index in [1.165, 1.54) is 18.3 Å².